The van der Waals surface area contributed by atoms with Crippen molar-refractivity contribution in [2.45, 2.75) is 30.9 Å². The Balaban J connectivity index is 2.02. The van der Waals surface area contributed by atoms with Gasteiger partial charge in [-0.1, -0.05) is 18.5 Å². The van der Waals surface area contributed by atoms with Crippen LogP contribution in [0, 0.1) is 11.8 Å². The largest absolute Gasteiger partial charge is 0.510 e. The third kappa shape index (κ3) is 2.61. The second-order valence-corrected chi connectivity index (χ2v) is 9.22. The number of hydrogen-bond donors (Lipinski definition) is 5. The molecule has 1 aromatic carbocycles. The van der Waals surface area contributed by atoms with Crippen molar-refractivity contribution in [2.75, 3.05) is 14.1 Å². The van der Waals surface area contributed by atoms with E-state index < -0.39 is 64.0 Å². The molecular formula is C22H23ClN2O7. The maximum atomic E-state index is 13.4. The number of rotatable bonds is 2. The lowest BCUT2D eigenvalue weighted by molar-refractivity contribution is -0.148. The molecule has 6 N–H and O–H groups in total. The summed E-state index contributed by atoms with van der Waals surface area (Å²) in [5.74, 6) is -7.35. The lowest BCUT2D eigenvalue weighted by Gasteiger charge is -2.51. The number of carbonyl (C=O) groups is 3. The normalized spacial score (nSPS) is 32.1. The van der Waals surface area contributed by atoms with Crippen LogP contribution in [0.1, 0.15) is 35.2 Å². The summed E-state index contributed by atoms with van der Waals surface area (Å²) >= 11 is 6.33. The average molecular weight is 463 g/mol. The minimum atomic E-state index is -2.65. The number of carbonyl (C=O) groups excluding carboxylic acids is 3. The summed E-state index contributed by atoms with van der Waals surface area (Å²) in [7, 11) is 3.15. The van der Waals surface area contributed by atoms with Crippen molar-refractivity contribution >= 4 is 29.1 Å². The second kappa shape index (κ2) is 7.06. The maximum absolute atomic E-state index is 13.4. The van der Waals surface area contributed by atoms with Crippen molar-refractivity contribution < 1.29 is 34.8 Å². The molecule has 0 unspecified atom stereocenters. The number of nitrogens with two attached hydrogens (primary N) is 1. The lowest BCUT2D eigenvalue weighted by Crippen LogP contribution is -2.64. The molecule has 0 bridgehead atoms. The van der Waals surface area contributed by atoms with Crippen LogP contribution >= 0.6 is 11.6 Å². The van der Waals surface area contributed by atoms with E-state index in [1.54, 1.807) is 21.0 Å². The average Bonchev–Trinajstić information content (AvgIpc) is 2.69. The van der Waals surface area contributed by atoms with Crippen molar-refractivity contribution in [3.63, 3.8) is 0 Å². The van der Waals surface area contributed by atoms with Gasteiger partial charge in [0.1, 0.15) is 22.8 Å². The molecule has 0 saturated heterocycles. The quantitative estimate of drug-likeness (QED) is 0.411. The number of aromatic hydroxyl groups is 1. The fraction of sp³-hybridized carbons (Fsp3) is 0.409. The van der Waals surface area contributed by atoms with E-state index in [-0.39, 0.29) is 28.3 Å². The predicted molar refractivity (Wildman–Crippen MR) is 113 cm³/mol. The zero-order chi connectivity index (χ0) is 23.9. The molecule has 1 amide bonds. The molecule has 0 spiro atoms. The summed E-state index contributed by atoms with van der Waals surface area (Å²) < 4.78 is 0. The van der Waals surface area contributed by atoms with E-state index in [2.05, 4.69) is 0 Å². The molecular weight excluding hydrogens is 440 g/mol. The monoisotopic (exact) mass is 462 g/mol. The topological polar surface area (TPSA) is 161 Å². The van der Waals surface area contributed by atoms with E-state index in [0.717, 1.165) is 0 Å². The van der Waals surface area contributed by atoms with Gasteiger partial charge in [-0.2, -0.15) is 0 Å². The lowest BCUT2D eigenvalue weighted by atomic mass is 9.56. The number of fused-ring (bicyclic) bond motifs is 3. The van der Waals surface area contributed by atoms with E-state index in [0.29, 0.717) is 5.56 Å². The first kappa shape index (κ1) is 22.3. The number of aliphatic hydroxyl groups excluding tert-OH is 2. The second-order valence-electron chi connectivity index (χ2n) is 8.81. The van der Waals surface area contributed by atoms with Gasteiger partial charge in [0, 0.05) is 16.5 Å². The number of aliphatic hydroxyl groups is 3. The smallest absolute Gasteiger partial charge is 0.255 e. The van der Waals surface area contributed by atoms with Gasteiger partial charge in [0.15, 0.2) is 11.4 Å². The first-order valence-corrected chi connectivity index (χ1v) is 10.4. The highest BCUT2D eigenvalue weighted by Crippen LogP contribution is 2.56. The number of primary amides is 1. The van der Waals surface area contributed by atoms with Gasteiger partial charge in [0.2, 0.25) is 5.78 Å². The van der Waals surface area contributed by atoms with Crippen LogP contribution in [0.15, 0.2) is 34.8 Å². The van der Waals surface area contributed by atoms with Crippen LogP contribution in [-0.2, 0) is 9.59 Å². The molecule has 5 atom stereocenters. The van der Waals surface area contributed by atoms with Gasteiger partial charge in [0.25, 0.3) is 5.91 Å². The molecule has 0 saturated carbocycles. The molecule has 0 aliphatic heterocycles. The number of benzene rings is 1. The highest BCUT2D eigenvalue weighted by atomic mass is 35.5. The molecule has 170 valence electrons. The maximum Gasteiger partial charge on any atom is 0.255 e. The van der Waals surface area contributed by atoms with Gasteiger partial charge in [-0.05, 0) is 50.0 Å². The van der Waals surface area contributed by atoms with Gasteiger partial charge in [-0.15, -0.1) is 0 Å². The Morgan fingerprint density at radius 1 is 1.22 bits per heavy atom. The molecule has 0 radical (unpaired) electrons. The molecule has 32 heavy (non-hydrogen) atoms. The molecule has 9 nitrogen and oxygen atoms in total. The SMILES string of the molecule is C[C@H]1c2c(Cl)ccc(O)c2C(=O)C2=C(O)[C@]3(O)C(=O)C(C(N)=O)=C(O)[C@@H](N(C)C)[C@@H]3C[C@@H]21. The van der Waals surface area contributed by atoms with Crippen LogP contribution in [-0.4, -0.2) is 68.5 Å². The van der Waals surface area contributed by atoms with Gasteiger partial charge in [-0.3, -0.25) is 19.3 Å². The fourth-order valence-corrected chi connectivity index (χ4v) is 5.90. The van der Waals surface area contributed by atoms with Crippen LogP contribution < -0.4 is 5.73 Å². The number of amides is 1. The van der Waals surface area contributed by atoms with E-state index >= 15 is 0 Å². The van der Waals surface area contributed by atoms with Gasteiger partial charge in [0.05, 0.1) is 11.6 Å². The van der Waals surface area contributed by atoms with Crippen molar-refractivity contribution in [1.82, 2.24) is 4.90 Å². The minimum Gasteiger partial charge on any atom is -0.510 e. The van der Waals surface area contributed by atoms with Gasteiger partial charge < -0.3 is 26.2 Å². The standard InChI is InChI=1S/C22H23ClN2O7/c1-7-8-6-9-16(25(2)3)18(28)15(21(24)31)20(30)22(9,32)19(29)13(8)17(27)14-11(26)5-4-10(23)12(7)14/h4-5,7-9,16,26,28-29,32H,6H2,1-3H3,(H2,24,31)/t7-,8-,9+,16+,22+/m1/s1. The van der Waals surface area contributed by atoms with Crippen LogP contribution in [0.25, 0.3) is 0 Å². The Morgan fingerprint density at radius 3 is 2.41 bits per heavy atom. The third-order valence-corrected chi connectivity index (χ3v) is 7.36. The van der Waals surface area contributed by atoms with Crippen LogP contribution in [0.4, 0.5) is 0 Å². The summed E-state index contributed by atoms with van der Waals surface area (Å²) in [5, 5.41) is 44.0. The zero-order valence-electron chi connectivity index (χ0n) is 17.6. The Hall–Kier alpha value is -2.88. The Morgan fingerprint density at radius 2 is 1.84 bits per heavy atom. The number of nitrogens with zero attached hydrogens (tertiary/aromatic N) is 1. The fourth-order valence-electron chi connectivity index (χ4n) is 5.57. The molecule has 1 aromatic rings. The van der Waals surface area contributed by atoms with Gasteiger partial charge in [-0.25, -0.2) is 0 Å². The Bertz CT molecular complexity index is 1160. The summed E-state index contributed by atoms with van der Waals surface area (Å²) in [5.41, 5.74) is 1.90. The number of phenolic OH excluding ortho intramolecular Hbond substituents is 1. The molecule has 3 aliphatic carbocycles. The summed E-state index contributed by atoms with van der Waals surface area (Å²) in [6.07, 6.45) is 0.0128. The number of phenols is 1. The van der Waals surface area contributed by atoms with Gasteiger partial charge >= 0.3 is 0 Å². The Labute approximate surface area is 188 Å². The van der Waals surface area contributed by atoms with E-state index in [4.69, 9.17) is 17.3 Å². The predicted octanol–water partition coefficient (Wildman–Crippen LogP) is 1.34. The van der Waals surface area contributed by atoms with Crippen molar-refractivity contribution in [3.05, 3.63) is 50.9 Å². The number of hydrogen-bond acceptors (Lipinski definition) is 8. The third-order valence-electron chi connectivity index (χ3n) is 7.03. The van der Waals surface area contributed by atoms with E-state index in [1.165, 1.54) is 17.0 Å². The van der Waals surface area contributed by atoms with Crippen molar-refractivity contribution in [3.8, 4) is 5.75 Å². The van der Waals surface area contributed by atoms with E-state index in [1.807, 2.05) is 0 Å². The van der Waals surface area contributed by atoms with E-state index in [9.17, 15) is 34.8 Å². The zero-order valence-corrected chi connectivity index (χ0v) is 18.3. The van der Waals surface area contributed by atoms with Crippen molar-refractivity contribution in [1.29, 1.82) is 0 Å². The molecule has 3 aliphatic rings. The number of ketones is 2. The summed E-state index contributed by atoms with van der Waals surface area (Å²) in [6.45, 7) is 1.76. The van der Waals surface area contributed by atoms with Crippen molar-refractivity contribution in [2.24, 2.45) is 17.6 Å². The first-order chi connectivity index (χ1) is 14.8. The molecule has 4 rings (SSSR count). The van der Waals surface area contributed by atoms with Crippen LogP contribution in [0.5, 0.6) is 5.75 Å². The summed E-state index contributed by atoms with van der Waals surface area (Å²) in [6, 6.07) is 1.68. The van der Waals surface area contributed by atoms with Crippen LogP contribution in [0.3, 0.4) is 0 Å². The minimum absolute atomic E-state index is 0.0128. The number of allylic oxidation sites excluding steroid dienone is 1. The number of likely N-dealkylation sites (N-methyl/N-ethyl adjacent to an activating group) is 1. The number of Topliss-reactive ketones (excluding diaryl/α,β-unsaturated/α-hetero) is 2. The highest BCUT2D eigenvalue weighted by Gasteiger charge is 2.64. The first-order valence-electron chi connectivity index (χ1n) is 10.0. The van der Waals surface area contributed by atoms with Crippen LogP contribution in [0.2, 0.25) is 5.02 Å². The summed E-state index contributed by atoms with van der Waals surface area (Å²) in [4.78, 5) is 40.0. The molecule has 0 aromatic heterocycles. The highest BCUT2D eigenvalue weighted by molar-refractivity contribution is 6.33. The molecule has 10 heteroatoms. The number of halogens is 1. The Kier molecular flexibility index (Phi) is 4.92. The molecule has 0 heterocycles. The molecule has 0 fully saturated rings.